The third kappa shape index (κ3) is 3.71. The Hall–Kier alpha value is -2.19. The number of halogens is 1. The summed E-state index contributed by atoms with van der Waals surface area (Å²) in [5, 5.41) is 4.08. The summed E-state index contributed by atoms with van der Waals surface area (Å²) in [6.07, 6.45) is 9.23. The van der Waals surface area contributed by atoms with Crippen LogP contribution < -0.4 is 15.1 Å². The summed E-state index contributed by atoms with van der Waals surface area (Å²) in [5.74, 6) is 2.83. The molecule has 150 valence electrons. The lowest BCUT2D eigenvalue weighted by Crippen LogP contribution is -2.45. The van der Waals surface area contributed by atoms with Crippen molar-refractivity contribution in [2.75, 3.05) is 30.5 Å². The largest absolute Gasteiger partial charge is 0.480 e. The maximum atomic E-state index is 11.5. The minimum atomic E-state index is -0.352. The van der Waals surface area contributed by atoms with E-state index in [0.717, 1.165) is 37.2 Å². The first-order chi connectivity index (χ1) is 13.2. The Morgan fingerprint density at radius 1 is 1.36 bits per heavy atom. The van der Waals surface area contributed by atoms with Crippen LogP contribution in [0.25, 0.3) is 0 Å². The molecule has 0 bridgehead atoms. The number of carbonyl (C=O) groups excluding carboxylic acids is 1. The summed E-state index contributed by atoms with van der Waals surface area (Å²) in [4.78, 5) is 13.9. The molecule has 0 saturated carbocycles. The summed E-state index contributed by atoms with van der Waals surface area (Å²) in [6.45, 7) is 11.3. The van der Waals surface area contributed by atoms with Crippen LogP contribution in [-0.2, 0) is 15.6 Å². The quantitative estimate of drug-likeness (QED) is 0.355. The normalized spacial score (nSPS) is 19.1. The molecule has 1 amide bonds. The molecule has 0 fully saturated rings. The molecule has 0 aliphatic carbocycles. The van der Waals surface area contributed by atoms with Gasteiger partial charge in [-0.15, -0.1) is 18.0 Å². The standard InChI is InChI=1S/C22H28ClN3O2/c1-6-11-28-20-15(14-24-25-17(27)13-23)12-16-19-18(20)22(4,5)8-10-26(19)9-7-21(16,2)3/h1,12,14H,7-11,13H2,2-5H3,(H,25,27). The first kappa shape index (κ1) is 20.5. The smallest absolute Gasteiger partial charge is 0.254 e. The summed E-state index contributed by atoms with van der Waals surface area (Å²) >= 11 is 5.54. The fraction of sp³-hybridized carbons (Fsp3) is 0.545. The van der Waals surface area contributed by atoms with E-state index in [1.165, 1.54) is 16.8 Å². The summed E-state index contributed by atoms with van der Waals surface area (Å²) in [5.41, 5.74) is 7.00. The first-order valence-electron chi connectivity index (χ1n) is 9.62. The zero-order valence-corrected chi connectivity index (χ0v) is 17.8. The van der Waals surface area contributed by atoms with E-state index in [-0.39, 0.29) is 29.2 Å². The number of benzene rings is 1. The highest BCUT2D eigenvalue weighted by molar-refractivity contribution is 6.27. The van der Waals surface area contributed by atoms with Crippen LogP contribution in [0.3, 0.4) is 0 Å². The highest BCUT2D eigenvalue weighted by Gasteiger charge is 2.42. The topological polar surface area (TPSA) is 53.9 Å². The van der Waals surface area contributed by atoms with Gasteiger partial charge < -0.3 is 9.64 Å². The maximum absolute atomic E-state index is 11.5. The van der Waals surface area contributed by atoms with Gasteiger partial charge in [-0.05, 0) is 35.3 Å². The van der Waals surface area contributed by atoms with E-state index in [1.54, 1.807) is 6.21 Å². The zero-order valence-electron chi connectivity index (χ0n) is 17.1. The van der Waals surface area contributed by atoms with Gasteiger partial charge in [-0.2, -0.15) is 5.10 Å². The monoisotopic (exact) mass is 401 g/mol. The van der Waals surface area contributed by atoms with Gasteiger partial charge in [-0.25, -0.2) is 5.43 Å². The van der Waals surface area contributed by atoms with E-state index in [0.29, 0.717) is 0 Å². The molecule has 0 unspecified atom stereocenters. The van der Waals surface area contributed by atoms with E-state index in [9.17, 15) is 4.79 Å². The number of hydrogen-bond donors (Lipinski definition) is 1. The minimum Gasteiger partial charge on any atom is -0.480 e. The van der Waals surface area contributed by atoms with Crippen molar-refractivity contribution in [2.45, 2.75) is 51.4 Å². The van der Waals surface area contributed by atoms with Crippen LogP contribution in [-0.4, -0.2) is 37.7 Å². The zero-order chi connectivity index (χ0) is 20.5. The fourth-order valence-electron chi connectivity index (χ4n) is 4.14. The van der Waals surface area contributed by atoms with Gasteiger partial charge in [-0.1, -0.05) is 33.6 Å². The van der Waals surface area contributed by atoms with Gasteiger partial charge in [0.1, 0.15) is 18.2 Å². The van der Waals surface area contributed by atoms with Crippen LogP contribution in [0, 0.1) is 12.3 Å². The molecule has 0 saturated heterocycles. The summed E-state index contributed by atoms with van der Waals surface area (Å²) in [7, 11) is 0. The van der Waals surface area contributed by atoms with Crippen molar-refractivity contribution in [3.05, 3.63) is 22.8 Å². The second kappa shape index (κ2) is 7.67. The molecule has 2 aliphatic rings. The maximum Gasteiger partial charge on any atom is 0.254 e. The lowest BCUT2D eigenvalue weighted by atomic mass is 9.68. The van der Waals surface area contributed by atoms with E-state index in [4.69, 9.17) is 22.8 Å². The van der Waals surface area contributed by atoms with Crippen molar-refractivity contribution >= 4 is 29.4 Å². The molecule has 0 aromatic heterocycles. The SMILES string of the molecule is C#CCOc1c(C=NNC(=O)CCl)cc2c3c1C(C)(C)CCN3CCC2(C)C. The molecule has 0 spiro atoms. The predicted molar refractivity (Wildman–Crippen MR) is 115 cm³/mol. The van der Waals surface area contributed by atoms with Crippen molar-refractivity contribution in [3.8, 4) is 18.1 Å². The van der Waals surface area contributed by atoms with Crippen LogP contribution in [0.1, 0.15) is 57.2 Å². The Morgan fingerprint density at radius 2 is 2.04 bits per heavy atom. The fourth-order valence-corrected chi connectivity index (χ4v) is 4.20. The van der Waals surface area contributed by atoms with E-state index < -0.39 is 0 Å². The second-order valence-electron chi connectivity index (χ2n) is 8.74. The Kier molecular flexibility index (Phi) is 5.63. The molecule has 5 nitrogen and oxygen atoms in total. The molecule has 2 aliphatic heterocycles. The lowest BCUT2D eigenvalue weighted by Gasteiger charge is -2.48. The molecule has 1 aromatic carbocycles. The minimum absolute atomic E-state index is 0.0423. The third-order valence-electron chi connectivity index (χ3n) is 5.83. The van der Waals surface area contributed by atoms with Gasteiger partial charge in [0.15, 0.2) is 0 Å². The summed E-state index contributed by atoms with van der Waals surface area (Å²) < 4.78 is 6.05. The predicted octanol–water partition coefficient (Wildman–Crippen LogP) is 3.56. The number of rotatable bonds is 5. The van der Waals surface area contributed by atoms with Crippen molar-refractivity contribution < 1.29 is 9.53 Å². The van der Waals surface area contributed by atoms with Gasteiger partial charge in [0, 0.05) is 29.9 Å². The van der Waals surface area contributed by atoms with Crippen LogP contribution in [0.4, 0.5) is 5.69 Å². The van der Waals surface area contributed by atoms with E-state index in [1.807, 2.05) is 0 Å². The lowest BCUT2D eigenvalue weighted by molar-refractivity contribution is -0.118. The molecule has 2 heterocycles. The molecule has 28 heavy (non-hydrogen) atoms. The average molecular weight is 402 g/mol. The first-order valence-corrected chi connectivity index (χ1v) is 10.2. The Bertz CT molecular complexity index is 850. The summed E-state index contributed by atoms with van der Waals surface area (Å²) in [6, 6.07) is 2.13. The van der Waals surface area contributed by atoms with Crippen molar-refractivity contribution in [2.24, 2.45) is 5.10 Å². The van der Waals surface area contributed by atoms with Gasteiger partial charge in [0.25, 0.3) is 5.91 Å². The molecule has 0 atom stereocenters. The van der Waals surface area contributed by atoms with E-state index >= 15 is 0 Å². The second-order valence-corrected chi connectivity index (χ2v) is 9.01. The number of hydrogen-bond acceptors (Lipinski definition) is 4. The average Bonchev–Trinajstić information content (AvgIpc) is 2.64. The molecule has 6 heteroatoms. The van der Waals surface area contributed by atoms with Crippen LogP contribution in [0.2, 0.25) is 0 Å². The van der Waals surface area contributed by atoms with Gasteiger partial charge >= 0.3 is 0 Å². The number of carbonyl (C=O) groups is 1. The number of anilines is 1. The van der Waals surface area contributed by atoms with Gasteiger partial charge in [0.05, 0.1) is 6.21 Å². The molecular formula is C22H28ClN3O2. The van der Waals surface area contributed by atoms with Gasteiger partial charge in [0.2, 0.25) is 0 Å². The van der Waals surface area contributed by atoms with Crippen molar-refractivity contribution in [3.63, 3.8) is 0 Å². The van der Waals surface area contributed by atoms with Crippen LogP contribution >= 0.6 is 11.6 Å². The van der Waals surface area contributed by atoms with Crippen molar-refractivity contribution in [1.82, 2.24) is 5.43 Å². The Morgan fingerprint density at radius 3 is 2.68 bits per heavy atom. The molecular weight excluding hydrogens is 374 g/mol. The number of alkyl halides is 1. The Labute approximate surface area is 172 Å². The highest BCUT2D eigenvalue weighted by Crippen LogP contribution is 2.53. The van der Waals surface area contributed by atoms with Gasteiger partial charge in [-0.3, -0.25) is 4.79 Å². The van der Waals surface area contributed by atoms with Crippen molar-refractivity contribution in [1.29, 1.82) is 0 Å². The van der Waals surface area contributed by atoms with E-state index in [2.05, 4.69) is 55.1 Å². The third-order valence-corrected chi connectivity index (χ3v) is 6.07. The molecule has 3 rings (SSSR count). The molecule has 1 aromatic rings. The number of nitrogens with zero attached hydrogens (tertiary/aromatic N) is 2. The highest BCUT2D eigenvalue weighted by atomic mass is 35.5. The Balaban J connectivity index is 2.22. The number of hydrazone groups is 1. The molecule has 0 radical (unpaired) electrons. The number of nitrogens with one attached hydrogen (secondary N) is 1. The number of terminal acetylenes is 1. The van der Waals surface area contributed by atoms with Crippen LogP contribution in [0.15, 0.2) is 11.2 Å². The molecule has 1 N–H and O–H groups in total. The number of amides is 1. The van der Waals surface area contributed by atoms with Crippen LogP contribution in [0.5, 0.6) is 5.75 Å². The number of ether oxygens (including phenoxy) is 1.